The molecule has 8 aromatic rings. The van der Waals surface area contributed by atoms with E-state index in [2.05, 4.69) is 223 Å². The number of aromatic nitrogens is 1. The molecule has 0 saturated carbocycles. The zero-order valence-electron chi connectivity index (χ0n) is 28.5. The van der Waals surface area contributed by atoms with Crippen LogP contribution in [0.2, 0.25) is 4.66 Å². The Kier molecular flexibility index (Phi) is 7.88. The van der Waals surface area contributed by atoms with Gasteiger partial charge in [0, 0.05) is 21.3 Å². The first-order valence-corrected chi connectivity index (χ1v) is 21.9. The second-order valence-corrected chi connectivity index (χ2v) is 22.5. The summed E-state index contributed by atoms with van der Waals surface area (Å²) < 4.78 is -0.383. The van der Waals surface area contributed by atoms with Crippen molar-refractivity contribution in [2.24, 2.45) is 0 Å². The third-order valence-electron chi connectivity index (χ3n) is 11.4. The summed E-state index contributed by atoms with van der Waals surface area (Å²) in [6.45, 7) is 0. The number of benzene rings is 7. The number of nitrogens with one attached hydrogen (secondary N) is 1. The molecular formula is C48H39NSi2. The second-order valence-electron chi connectivity index (χ2n) is 13.7. The summed E-state index contributed by atoms with van der Waals surface area (Å²) in [5, 5.41) is 9.87. The Hall–Kier alpha value is -5.75. The van der Waals surface area contributed by atoms with E-state index in [9.17, 15) is 0 Å². The van der Waals surface area contributed by atoms with Crippen LogP contribution in [0.3, 0.4) is 0 Å². The molecule has 0 fully saturated rings. The monoisotopic (exact) mass is 685 g/mol. The third kappa shape index (κ3) is 4.66. The van der Waals surface area contributed by atoms with Gasteiger partial charge in [0.2, 0.25) is 0 Å². The number of aromatic amines is 1. The summed E-state index contributed by atoms with van der Waals surface area (Å²) in [5.41, 5.74) is 3.83. The zero-order chi connectivity index (χ0) is 34.1. The van der Waals surface area contributed by atoms with Crippen molar-refractivity contribution in [3.05, 3.63) is 224 Å². The first-order valence-electron chi connectivity index (χ1n) is 17.9. The fraction of sp³-hybridized carbons (Fsp3) is 0.0417. The molecule has 0 atom stereocenters. The predicted molar refractivity (Wildman–Crippen MR) is 222 cm³/mol. The highest BCUT2D eigenvalue weighted by atomic mass is 28.4. The molecule has 0 bridgehead atoms. The smallest absolute Gasteiger partial charge is 0.156 e. The molecule has 51 heavy (non-hydrogen) atoms. The van der Waals surface area contributed by atoms with Gasteiger partial charge >= 0.3 is 0 Å². The van der Waals surface area contributed by atoms with Gasteiger partial charge in [-0.2, -0.15) is 0 Å². The molecule has 0 amide bonds. The number of para-hydroxylation sites is 1. The maximum absolute atomic E-state index is 3.84. The van der Waals surface area contributed by atoms with Crippen LogP contribution in [0, 0.1) is 0 Å². The van der Waals surface area contributed by atoms with E-state index in [1.165, 1.54) is 53.3 Å². The Morgan fingerprint density at radius 1 is 0.373 bits per heavy atom. The van der Waals surface area contributed by atoms with Crippen molar-refractivity contribution in [2.45, 2.75) is 11.1 Å². The van der Waals surface area contributed by atoms with Crippen molar-refractivity contribution in [3.8, 4) is 0 Å². The topological polar surface area (TPSA) is 15.8 Å². The summed E-state index contributed by atoms with van der Waals surface area (Å²) in [5.74, 6) is 0. The van der Waals surface area contributed by atoms with Crippen LogP contribution in [0.25, 0.3) is 17.0 Å². The van der Waals surface area contributed by atoms with Gasteiger partial charge in [0.25, 0.3) is 0 Å². The average molecular weight is 686 g/mol. The minimum Gasteiger partial charge on any atom is -0.355 e. The van der Waals surface area contributed by atoms with Crippen LogP contribution < -0.4 is 31.1 Å². The second kappa shape index (κ2) is 12.9. The molecule has 1 heterocycles. The zero-order valence-corrected chi connectivity index (χ0v) is 30.5. The van der Waals surface area contributed by atoms with E-state index in [-0.39, 0.29) is 4.66 Å². The van der Waals surface area contributed by atoms with Crippen molar-refractivity contribution >= 4 is 64.2 Å². The van der Waals surface area contributed by atoms with Gasteiger partial charge in [0.05, 0.1) is 0 Å². The fourth-order valence-electron chi connectivity index (χ4n) is 9.59. The van der Waals surface area contributed by atoms with E-state index in [1.807, 2.05) is 0 Å². The Morgan fingerprint density at radius 3 is 1.04 bits per heavy atom. The Labute approximate surface area is 302 Å². The SMILES string of the molecule is C1=CC([Si](c2ccccc2)(c2ccccc2)c2ccccc2)([Si](c2ccccc2)(c2ccccc2)c2ccccc2)Cc2c1[nH]c1ccccc21. The van der Waals surface area contributed by atoms with Crippen molar-refractivity contribution in [1.82, 2.24) is 4.98 Å². The largest absolute Gasteiger partial charge is 0.355 e. The van der Waals surface area contributed by atoms with E-state index in [0.717, 1.165) is 6.42 Å². The summed E-state index contributed by atoms with van der Waals surface area (Å²) in [6.07, 6.45) is 6.06. The van der Waals surface area contributed by atoms with E-state index in [0.29, 0.717) is 0 Å². The molecule has 9 rings (SSSR count). The number of fused-ring (bicyclic) bond motifs is 3. The quantitative estimate of drug-likeness (QED) is 0.127. The van der Waals surface area contributed by atoms with Crippen LogP contribution in [-0.4, -0.2) is 21.1 Å². The number of allylic oxidation sites excluding steroid dienone is 1. The highest BCUT2D eigenvalue weighted by molar-refractivity contribution is 7.29. The normalized spacial score (nSPS) is 13.9. The summed E-state index contributed by atoms with van der Waals surface area (Å²) in [7, 11) is -6.25. The number of hydrogen-bond acceptors (Lipinski definition) is 0. The molecule has 1 aromatic heterocycles. The van der Waals surface area contributed by atoms with Crippen LogP contribution in [0.4, 0.5) is 0 Å². The average Bonchev–Trinajstić information content (AvgIpc) is 3.59. The fourth-order valence-corrected chi connectivity index (χ4v) is 25.2. The molecule has 0 aliphatic heterocycles. The predicted octanol–water partition coefficient (Wildman–Crippen LogP) is 7.36. The van der Waals surface area contributed by atoms with Crippen LogP contribution >= 0.6 is 0 Å². The van der Waals surface area contributed by atoms with Crippen LogP contribution in [0.15, 0.2) is 212 Å². The van der Waals surface area contributed by atoms with Crippen LogP contribution in [0.5, 0.6) is 0 Å². The minimum absolute atomic E-state index is 0.383. The molecule has 0 unspecified atom stereocenters. The number of H-pyrrole nitrogens is 1. The number of rotatable bonds is 8. The van der Waals surface area contributed by atoms with Gasteiger partial charge in [0.1, 0.15) is 0 Å². The van der Waals surface area contributed by atoms with Gasteiger partial charge in [0.15, 0.2) is 16.1 Å². The molecular weight excluding hydrogens is 647 g/mol. The van der Waals surface area contributed by atoms with Gasteiger partial charge in [-0.05, 0) is 55.2 Å². The lowest BCUT2D eigenvalue weighted by Crippen LogP contribution is -2.87. The molecule has 0 radical (unpaired) electrons. The summed E-state index contributed by atoms with van der Waals surface area (Å²) in [6, 6.07) is 78.3. The van der Waals surface area contributed by atoms with Crippen molar-refractivity contribution in [2.75, 3.05) is 0 Å². The molecule has 1 nitrogen and oxygen atoms in total. The maximum Gasteiger partial charge on any atom is 0.156 e. The molecule has 0 saturated heterocycles. The van der Waals surface area contributed by atoms with Gasteiger partial charge in [-0.3, -0.25) is 0 Å². The minimum atomic E-state index is -3.13. The Balaban J connectivity index is 1.58. The molecule has 3 heteroatoms. The molecule has 1 N–H and O–H groups in total. The van der Waals surface area contributed by atoms with Gasteiger partial charge in [-0.1, -0.05) is 206 Å². The van der Waals surface area contributed by atoms with E-state index in [1.54, 1.807) is 0 Å². The standard InChI is InChI=1S/C48H39NSi2/c1-7-21-38(22-8-1)50(39-23-9-2-10-24-39,40-25-11-3-12-26-40)48(36-35-47-45(37-48)44-33-19-20-34-46(44)49-47)51(41-27-13-4-14-28-41,42-29-15-5-16-30-42)43-31-17-6-18-32-43/h1-36,49H,37H2. The third-order valence-corrected chi connectivity index (χ3v) is 24.2. The van der Waals surface area contributed by atoms with E-state index < -0.39 is 16.1 Å². The first kappa shape index (κ1) is 31.3. The molecule has 0 spiro atoms. The van der Waals surface area contributed by atoms with Gasteiger partial charge in [-0.25, -0.2) is 0 Å². The van der Waals surface area contributed by atoms with Gasteiger partial charge < -0.3 is 4.98 Å². The van der Waals surface area contributed by atoms with E-state index >= 15 is 0 Å². The Morgan fingerprint density at radius 2 is 0.686 bits per heavy atom. The number of hydrogen-bond donors (Lipinski definition) is 1. The van der Waals surface area contributed by atoms with Crippen molar-refractivity contribution < 1.29 is 0 Å². The van der Waals surface area contributed by atoms with E-state index in [4.69, 9.17) is 0 Å². The van der Waals surface area contributed by atoms with Crippen molar-refractivity contribution in [3.63, 3.8) is 0 Å². The van der Waals surface area contributed by atoms with Crippen molar-refractivity contribution in [1.29, 1.82) is 0 Å². The Bertz CT molecular complexity index is 2100. The maximum atomic E-state index is 3.84. The van der Waals surface area contributed by atoms with Gasteiger partial charge in [-0.15, -0.1) is 0 Å². The first-order chi connectivity index (χ1) is 25.3. The summed E-state index contributed by atoms with van der Waals surface area (Å²) >= 11 is 0. The molecule has 7 aromatic carbocycles. The highest BCUT2D eigenvalue weighted by Gasteiger charge is 2.68. The molecule has 1 aliphatic rings. The van der Waals surface area contributed by atoms with Crippen LogP contribution in [-0.2, 0) is 6.42 Å². The summed E-state index contributed by atoms with van der Waals surface area (Å²) in [4.78, 5) is 3.84. The lowest BCUT2D eigenvalue weighted by molar-refractivity contribution is 0.857. The molecule has 1 aliphatic carbocycles. The highest BCUT2D eigenvalue weighted by Crippen LogP contribution is 2.54. The lowest BCUT2D eigenvalue weighted by atomic mass is 10.00. The van der Waals surface area contributed by atoms with Crippen LogP contribution in [0.1, 0.15) is 11.3 Å². The molecule has 244 valence electrons. The lowest BCUT2D eigenvalue weighted by Gasteiger charge is -2.60.